The van der Waals surface area contributed by atoms with E-state index in [0.29, 0.717) is 0 Å². The van der Waals surface area contributed by atoms with Crippen molar-refractivity contribution in [3.63, 3.8) is 0 Å². The van der Waals surface area contributed by atoms with E-state index in [0.717, 1.165) is 5.69 Å². The van der Waals surface area contributed by atoms with E-state index in [1.54, 1.807) is 0 Å². The average Bonchev–Trinajstić information content (AvgIpc) is 2.09. The Bertz CT molecular complexity index is 325. The monoisotopic (exact) mass is 394 g/mol. The molecule has 1 aromatic rings. The van der Waals surface area contributed by atoms with Gasteiger partial charge in [0.1, 0.15) is 0 Å². The van der Waals surface area contributed by atoms with Crippen LogP contribution in [0.4, 0.5) is 57.5 Å². The molecule has 0 aliphatic heterocycles. The Morgan fingerprint density at radius 3 is 0.826 bits per heavy atom. The minimum atomic E-state index is -6.00. The molecule has 134 valence electrons. The molecular weight excluding hydrogens is 386 g/mol. The van der Waals surface area contributed by atoms with Crippen molar-refractivity contribution in [1.29, 1.82) is 0 Å². The van der Waals surface area contributed by atoms with Crippen LogP contribution in [0.3, 0.4) is 0 Å². The van der Waals surface area contributed by atoms with E-state index in [4.69, 9.17) is 5.73 Å². The van der Waals surface area contributed by atoms with Crippen molar-refractivity contribution in [3.8, 4) is 0 Å². The Balaban J connectivity index is -0.0000000661. The Hall–Kier alpha value is 0.0112. The number of nitrogens with two attached hydrogens (primary N) is 1. The van der Waals surface area contributed by atoms with Gasteiger partial charge in [-0.1, -0.05) is 18.2 Å². The molecule has 0 radical (unpaired) electrons. The molecule has 0 spiro atoms. The van der Waals surface area contributed by atoms with Crippen LogP contribution in [0.5, 0.6) is 0 Å². The molecule has 1 rings (SSSR count). The first-order chi connectivity index (χ1) is 9.39. The number of hydrogen-bond donors (Lipinski definition) is 1. The van der Waals surface area contributed by atoms with Gasteiger partial charge in [0.25, 0.3) is 0 Å². The topological polar surface area (TPSA) is 26.0 Å². The van der Waals surface area contributed by atoms with Gasteiger partial charge in [-0.05, 0) is 12.1 Å². The summed E-state index contributed by atoms with van der Waals surface area (Å²) >= 11 is 0. The fraction of sp³-hybridized carbons (Fsp3) is 0. The SMILES string of the molecule is F[B-](F)(F)F.F[B-](F)(F)F.F[B-](F)(F)F.Nc1ccccc1.[H-].[K+]. The van der Waals surface area contributed by atoms with E-state index in [9.17, 15) is 51.8 Å². The quantitative estimate of drug-likeness (QED) is 0.408. The summed E-state index contributed by atoms with van der Waals surface area (Å²) in [5.41, 5.74) is 6.18. The zero-order valence-electron chi connectivity index (χ0n) is 12.2. The summed E-state index contributed by atoms with van der Waals surface area (Å²) in [5.74, 6) is 0. The number of anilines is 1. The first-order valence-electron chi connectivity index (χ1n) is 4.82. The zero-order chi connectivity index (χ0) is 18.6. The Kier molecular flexibility index (Phi) is 19.3. The van der Waals surface area contributed by atoms with Crippen LogP contribution in [0.25, 0.3) is 0 Å². The fourth-order valence-corrected chi connectivity index (χ4v) is 0.453. The largest absolute Gasteiger partial charge is 1.00 e. The number of para-hydroxylation sites is 1. The maximum Gasteiger partial charge on any atom is 1.00 e. The van der Waals surface area contributed by atoms with Crippen molar-refractivity contribution in [2.24, 2.45) is 0 Å². The molecule has 0 unspecified atom stereocenters. The summed E-state index contributed by atoms with van der Waals surface area (Å²) in [6, 6.07) is 9.49. The second-order valence-corrected chi connectivity index (χ2v) is 2.90. The molecule has 0 fully saturated rings. The van der Waals surface area contributed by atoms with Crippen LogP contribution < -0.4 is 57.1 Å². The van der Waals surface area contributed by atoms with Gasteiger partial charge in [0.2, 0.25) is 0 Å². The van der Waals surface area contributed by atoms with Crippen LogP contribution in [0.15, 0.2) is 30.3 Å². The van der Waals surface area contributed by atoms with Crippen LogP contribution in [0.1, 0.15) is 1.43 Å². The zero-order valence-corrected chi connectivity index (χ0v) is 14.4. The maximum absolute atomic E-state index is 9.75. The summed E-state index contributed by atoms with van der Waals surface area (Å²) in [4.78, 5) is 0. The Labute approximate surface area is 167 Å². The molecule has 0 heterocycles. The number of nitrogen functional groups attached to an aromatic ring is 1. The number of benzene rings is 1. The molecule has 23 heavy (non-hydrogen) atoms. The van der Waals surface area contributed by atoms with Gasteiger partial charge in [0.05, 0.1) is 0 Å². The van der Waals surface area contributed by atoms with E-state index >= 15 is 0 Å². The number of halogens is 12. The molecule has 1 aromatic carbocycles. The minimum Gasteiger partial charge on any atom is -1.00 e. The minimum absolute atomic E-state index is 0. The molecule has 0 bridgehead atoms. The smallest absolute Gasteiger partial charge is 1.00 e. The normalized spacial score (nSPS) is 10.4. The molecule has 0 atom stereocenters. The fourth-order valence-electron chi connectivity index (χ4n) is 0.453. The summed E-state index contributed by atoms with van der Waals surface area (Å²) in [7, 11) is -18.0. The van der Waals surface area contributed by atoms with Crippen molar-refractivity contribution < 1.29 is 105 Å². The van der Waals surface area contributed by atoms with E-state index < -0.39 is 21.8 Å². The first kappa shape index (κ1) is 30.8. The summed E-state index contributed by atoms with van der Waals surface area (Å²) in [6.45, 7) is 0. The molecule has 0 aliphatic rings. The molecule has 2 N–H and O–H groups in total. The predicted molar refractivity (Wildman–Crippen MR) is 62.5 cm³/mol. The second kappa shape index (κ2) is 14.4. The van der Waals surface area contributed by atoms with Gasteiger partial charge in [0.15, 0.2) is 0 Å². The molecule has 0 saturated heterocycles. The molecule has 1 nitrogen and oxygen atoms in total. The Morgan fingerprint density at radius 1 is 0.565 bits per heavy atom. The van der Waals surface area contributed by atoms with Crippen LogP contribution in [0, 0.1) is 0 Å². The van der Waals surface area contributed by atoms with Crippen LogP contribution in [-0.2, 0) is 0 Å². The van der Waals surface area contributed by atoms with E-state index in [1.165, 1.54) is 0 Å². The average molecular weight is 394 g/mol. The summed E-state index contributed by atoms with van der Waals surface area (Å²) in [5, 5.41) is 0. The first-order valence-corrected chi connectivity index (χ1v) is 4.82. The third-order valence-electron chi connectivity index (χ3n) is 0.800. The maximum atomic E-state index is 9.75. The summed E-state index contributed by atoms with van der Waals surface area (Å²) in [6.07, 6.45) is 0. The van der Waals surface area contributed by atoms with Crippen LogP contribution >= 0.6 is 0 Å². The van der Waals surface area contributed by atoms with Crippen LogP contribution in [-0.4, -0.2) is 21.8 Å². The second-order valence-electron chi connectivity index (χ2n) is 2.90. The van der Waals surface area contributed by atoms with Crippen molar-refractivity contribution >= 4 is 27.5 Å². The molecular formula is C6H8B3F12KN-3. The van der Waals surface area contributed by atoms with Crippen molar-refractivity contribution in [2.75, 3.05) is 5.73 Å². The van der Waals surface area contributed by atoms with Gasteiger partial charge in [-0.25, -0.2) is 0 Å². The molecule has 0 amide bonds. The van der Waals surface area contributed by atoms with Crippen molar-refractivity contribution in [1.82, 2.24) is 0 Å². The number of hydrogen-bond acceptors (Lipinski definition) is 1. The van der Waals surface area contributed by atoms with E-state index in [2.05, 4.69) is 0 Å². The third kappa shape index (κ3) is 137. The van der Waals surface area contributed by atoms with Gasteiger partial charge in [-0.15, -0.1) is 0 Å². The predicted octanol–water partition coefficient (Wildman–Crippen LogP) is 2.29. The van der Waals surface area contributed by atoms with Gasteiger partial charge in [-0.2, -0.15) is 0 Å². The molecule has 17 heteroatoms. The molecule has 0 aromatic heterocycles. The van der Waals surface area contributed by atoms with E-state index in [1.807, 2.05) is 30.3 Å². The molecule has 0 saturated carbocycles. The van der Waals surface area contributed by atoms with Gasteiger partial charge >= 0.3 is 73.1 Å². The van der Waals surface area contributed by atoms with Crippen molar-refractivity contribution in [3.05, 3.63) is 30.3 Å². The van der Waals surface area contributed by atoms with Crippen molar-refractivity contribution in [2.45, 2.75) is 0 Å². The summed E-state index contributed by atoms with van der Waals surface area (Å²) < 4.78 is 117. The van der Waals surface area contributed by atoms with Crippen LogP contribution in [0.2, 0.25) is 0 Å². The van der Waals surface area contributed by atoms with Gasteiger partial charge in [0, 0.05) is 5.69 Å². The van der Waals surface area contributed by atoms with Gasteiger partial charge < -0.3 is 58.9 Å². The number of rotatable bonds is 0. The standard InChI is InChI=1S/C6H7N.3BF4.K.H/c7-6-4-2-1-3-5-6;3*2-1(3,4)5;;/h1-5H,7H2;;;;;/q;3*-1;+1;-1. The Morgan fingerprint density at radius 2 is 0.739 bits per heavy atom. The van der Waals surface area contributed by atoms with E-state index in [-0.39, 0.29) is 52.8 Å². The third-order valence-corrected chi connectivity index (χ3v) is 0.800. The van der Waals surface area contributed by atoms with Gasteiger partial charge in [-0.3, -0.25) is 0 Å². The molecule has 0 aliphatic carbocycles.